The molecule has 2 N–H and O–H groups in total. The van der Waals surface area contributed by atoms with Crippen LogP contribution in [0, 0.1) is 0 Å². The van der Waals surface area contributed by atoms with Crippen molar-refractivity contribution in [2.24, 2.45) is 0 Å². The molecule has 1 amide bonds. The molecule has 7 heteroatoms. The number of nitrogens with zero attached hydrogens (tertiary/aromatic N) is 1. The zero-order chi connectivity index (χ0) is 14.6. The van der Waals surface area contributed by atoms with E-state index in [4.69, 9.17) is 10.3 Å². The Morgan fingerprint density at radius 2 is 1.84 bits per heavy atom. The van der Waals surface area contributed by atoms with Crippen LogP contribution in [-0.2, 0) is 12.6 Å². The van der Waals surface area contributed by atoms with Crippen molar-refractivity contribution in [3.05, 3.63) is 35.4 Å². The van der Waals surface area contributed by atoms with Gasteiger partial charge in [0.15, 0.2) is 0 Å². The summed E-state index contributed by atoms with van der Waals surface area (Å²) in [5.74, 6) is 0. The van der Waals surface area contributed by atoms with Crippen molar-refractivity contribution in [2.45, 2.75) is 32.0 Å². The van der Waals surface area contributed by atoms with Crippen LogP contribution < -0.4 is 0 Å². The summed E-state index contributed by atoms with van der Waals surface area (Å²) in [7, 11) is 0. The van der Waals surface area contributed by atoms with E-state index in [1.807, 2.05) is 0 Å². The minimum atomic E-state index is -4.36. The van der Waals surface area contributed by atoms with Gasteiger partial charge in [0.2, 0.25) is 0 Å². The van der Waals surface area contributed by atoms with Gasteiger partial charge in [-0.2, -0.15) is 18.2 Å². The molecule has 1 aromatic carbocycles. The number of carbonyl (C=O) groups is 1. The number of benzene rings is 1. The highest BCUT2D eigenvalue weighted by Crippen LogP contribution is 2.29. The Hall–Kier alpha value is -1.76. The highest BCUT2D eigenvalue weighted by molar-refractivity contribution is 5.63. The second-order valence-electron chi connectivity index (χ2n) is 4.21. The number of carboxylic acid groups (broad SMARTS) is 1. The lowest BCUT2D eigenvalue weighted by Crippen LogP contribution is -2.34. The fraction of sp³-hybridized carbons (Fsp3) is 0.417. The van der Waals surface area contributed by atoms with Crippen LogP contribution in [0.1, 0.15) is 24.5 Å². The molecule has 0 fully saturated rings. The highest BCUT2D eigenvalue weighted by Gasteiger charge is 2.29. The Kier molecular flexibility index (Phi) is 4.77. The van der Waals surface area contributed by atoms with Gasteiger partial charge < -0.3 is 5.11 Å². The van der Waals surface area contributed by atoms with Crippen molar-refractivity contribution in [1.29, 1.82) is 0 Å². The fourth-order valence-corrected chi connectivity index (χ4v) is 1.55. The Morgan fingerprint density at radius 1 is 1.32 bits per heavy atom. The molecule has 0 spiro atoms. The average molecular weight is 277 g/mol. The molecule has 0 aliphatic heterocycles. The maximum atomic E-state index is 12.3. The third-order valence-electron chi connectivity index (χ3n) is 2.75. The summed E-state index contributed by atoms with van der Waals surface area (Å²) in [5, 5.41) is 17.8. The number of aryl methyl sites for hydroxylation is 1. The van der Waals surface area contributed by atoms with Gasteiger partial charge in [-0.05, 0) is 37.5 Å². The van der Waals surface area contributed by atoms with Gasteiger partial charge in [-0.15, -0.1) is 0 Å². The predicted molar refractivity (Wildman–Crippen MR) is 60.9 cm³/mol. The van der Waals surface area contributed by atoms with E-state index in [0.29, 0.717) is 18.4 Å². The molecule has 0 radical (unpaired) electrons. The number of halogens is 3. The predicted octanol–water partition coefficient (Wildman–Crippen LogP) is 3.40. The lowest BCUT2D eigenvalue weighted by atomic mass is 10.0. The molecular formula is C12H14F3NO3. The summed E-state index contributed by atoms with van der Waals surface area (Å²) < 4.78 is 37.0. The van der Waals surface area contributed by atoms with E-state index in [0.717, 1.165) is 12.1 Å². The van der Waals surface area contributed by atoms with Crippen molar-refractivity contribution < 1.29 is 28.3 Å². The van der Waals surface area contributed by atoms with E-state index in [1.54, 1.807) is 0 Å². The molecule has 0 aliphatic rings. The van der Waals surface area contributed by atoms with Crippen molar-refractivity contribution in [3.8, 4) is 0 Å². The first-order valence-corrected chi connectivity index (χ1v) is 5.59. The summed E-state index contributed by atoms with van der Waals surface area (Å²) in [4.78, 5) is 10.5. The lowest BCUT2D eigenvalue weighted by Gasteiger charge is -2.19. The maximum Gasteiger partial charge on any atom is 0.431 e. The summed E-state index contributed by atoms with van der Waals surface area (Å²) in [6.07, 6.45) is -5.13. The number of rotatable bonds is 4. The molecule has 106 valence electrons. The van der Waals surface area contributed by atoms with Gasteiger partial charge in [-0.3, -0.25) is 5.21 Å². The second-order valence-corrected chi connectivity index (χ2v) is 4.21. The van der Waals surface area contributed by atoms with Crippen molar-refractivity contribution >= 4 is 6.09 Å². The van der Waals surface area contributed by atoms with Crippen LogP contribution >= 0.6 is 0 Å². The van der Waals surface area contributed by atoms with Gasteiger partial charge in [-0.1, -0.05) is 12.1 Å². The van der Waals surface area contributed by atoms with Crippen LogP contribution in [0.3, 0.4) is 0 Å². The number of alkyl halides is 3. The molecule has 1 unspecified atom stereocenters. The smallest absolute Gasteiger partial charge is 0.431 e. The molecule has 0 aromatic heterocycles. The maximum absolute atomic E-state index is 12.3. The zero-order valence-electron chi connectivity index (χ0n) is 10.2. The molecule has 1 atom stereocenters. The largest absolute Gasteiger partial charge is 0.463 e. The van der Waals surface area contributed by atoms with Gasteiger partial charge >= 0.3 is 12.3 Å². The van der Waals surface area contributed by atoms with E-state index in [1.165, 1.54) is 19.1 Å². The standard InChI is InChI=1S/C12H14F3NO3/c1-8(16(19)11(17)18)2-3-9-4-6-10(7-5-9)12(13,14)15/h4-8,19H,2-3H2,1H3,(H,17,18). The molecule has 0 aliphatic carbocycles. The summed E-state index contributed by atoms with van der Waals surface area (Å²) in [6.45, 7) is 1.51. The number of hydrogen-bond donors (Lipinski definition) is 2. The molecule has 0 heterocycles. The lowest BCUT2D eigenvalue weighted by molar-refractivity contribution is -0.137. The van der Waals surface area contributed by atoms with Gasteiger partial charge in [-0.25, -0.2) is 4.79 Å². The quantitative estimate of drug-likeness (QED) is 0.655. The Bertz CT molecular complexity index is 431. The Balaban J connectivity index is 2.57. The number of hydroxylamine groups is 2. The van der Waals surface area contributed by atoms with Crippen LogP contribution in [0.2, 0.25) is 0 Å². The van der Waals surface area contributed by atoms with Crippen molar-refractivity contribution in [2.75, 3.05) is 0 Å². The molecular weight excluding hydrogens is 263 g/mol. The zero-order valence-corrected chi connectivity index (χ0v) is 10.2. The van der Waals surface area contributed by atoms with E-state index >= 15 is 0 Å². The second kappa shape index (κ2) is 5.92. The summed E-state index contributed by atoms with van der Waals surface area (Å²) in [6, 6.07) is 4.03. The molecule has 1 aromatic rings. The average Bonchev–Trinajstić information content (AvgIpc) is 2.34. The number of amides is 1. The molecule has 0 saturated carbocycles. The Labute approximate surface area is 108 Å². The van der Waals surface area contributed by atoms with Crippen LogP contribution in [0.15, 0.2) is 24.3 Å². The summed E-state index contributed by atoms with van der Waals surface area (Å²) in [5.41, 5.74) is -0.0720. The van der Waals surface area contributed by atoms with Crippen molar-refractivity contribution in [3.63, 3.8) is 0 Å². The normalized spacial score (nSPS) is 13.1. The monoisotopic (exact) mass is 277 g/mol. The van der Waals surface area contributed by atoms with Gasteiger partial charge in [0.05, 0.1) is 11.6 Å². The molecule has 0 saturated heterocycles. The topological polar surface area (TPSA) is 60.8 Å². The minimum Gasteiger partial charge on any atom is -0.463 e. The number of hydrogen-bond acceptors (Lipinski definition) is 2. The molecule has 1 rings (SSSR count). The van der Waals surface area contributed by atoms with Gasteiger partial charge in [0, 0.05) is 0 Å². The molecule has 19 heavy (non-hydrogen) atoms. The van der Waals surface area contributed by atoms with E-state index in [-0.39, 0.29) is 5.06 Å². The van der Waals surface area contributed by atoms with Crippen LogP contribution in [-0.4, -0.2) is 27.5 Å². The first-order chi connectivity index (χ1) is 8.71. The van der Waals surface area contributed by atoms with Crippen LogP contribution in [0.5, 0.6) is 0 Å². The van der Waals surface area contributed by atoms with Crippen LogP contribution in [0.4, 0.5) is 18.0 Å². The van der Waals surface area contributed by atoms with E-state index in [2.05, 4.69) is 0 Å². The van der Waals surface area contributed by atoms with Crippen LogP contribution in [0.25, 0.3) is 0 Å². The minimum absolute atomic E-state index is 0.185. The first-order valence-electron chi connectivity index (χ1n) is 5.59. The fourth-order valence-electron chi connectivity index (χ4n) is 1.55. The Morgan fingerprint density at radius 3 is 2.26 bits per heavy atom. The van der Waals surface area contributed by atoms with Gasteiger partial charge in [0.25, 0.3) is 0 Å². The molecule has 4 nitrogen and oxygen atoms in total. The third-order valence-corrected chi connectivity index (χ3v) is 2.75. The first kappa shape index (κ1) is 15.3. The van der Waals surface area contributed by atoms with Gasteiger partial charge in [0.1, 0.15) is 0 Å². The van der Waals surface area contributed by atoms with E-state index < -0.39 is 23.9 Å². The summed E-state index contributed by atoms with van der Waals surface area (Å²) >= 11 is 0. The highest BCUT2D eigenvalue weighted by atomic mass is 19.4. The SMILES string of the molecule is CC(CCc1ccc(C(F)(F)F)cc1)N(O)C(=O)O. The van der Waals surface area contributed by atoms with E-state index in [9.17, 15) is 18.0 Å². The third kappa shape index (κ3) is 4.44. The van der Waals surface area contributed by atoms with Crippen molar-refractivity contribution in [1.82, 2.24) is 5.06 Å². The molecule has 0 bridgehead atoms.